The second-order valence-corrected chi connectivity index (χ2v) is 7.99. The van der Waals surface area contributed by atoms with E-state index < -0.39 is 17.4 Å². The number of anilines is 1. The molecule has 1 aromatic carbocycles. The Labute approximate surface area is 143 Å². The molecule has 0 saturated carbocycles. The minimum Gasteiger partial charge on any atom is -0.324 e. The standard InChI is InChI=1S/C17H17N3O3S/c1-19-14(21)12-11-8-24-7-6-20(11)17(13(12)15(19)22)9-4-2-3-5-10(9)18-16(17)23/h2-5,11-13H,6-8H2,1H3,(H,18,23)/t11-,12-,13+,17+/m0/s1. The number of carbonyl (C=O) groups is 3. The molecule has 124 valence electrons. The van der Waals surface area contributed by atoms with Crippen molar-refractivity contribution in [2.24, 2.45) is 11.8 Å². The summed E-state index contributed by atoms with van der Waals surface area (Å²) in [4.78, 5) is 42.2. The zero-order chi connectivity index (χ0) is 16.6. The van der Waals surface area contributed by atoms with E-state index in [1.54, 1.807) is 11.8 Å². The highest BCUT2D eigenvalue weighted by molar-refractivity contribution is 7.99. The summed E-state index contributed by atoms with van der Waals surface area (Å²) in [5.74, 6) is 0.114. The van der Waals surface area contributed by atoms with Crippen molar-refractivity contribution in [2.75, 3.05) is 30.4 Å². The van der Waals surface area contributed by atoms with E-state index in [-0.39, 0.29) is 23.8 Å². The first-order valence-electron chi connectivity index (χ1n) is 8.15. The van der Waals surface area contributed by atoms with Gasteiger partial charge in [0.2, 0.25) is 17.7 Å². The number of fused-ring (bicyclic) bond motifs is 7. The van der Waals surface area contributed by atoms with E-state index in [9.17, 15) is 14.4 Å². The maximum atomic E-state index is 13.2. The minimum atomic E-state index is -1.04. The fraction of sp³-hybridized carbons (Fsp3) is 0.471. The highest BCUT2D eigenvalue weighted by atomic mass is 32.2. The summed E-state index contributed by atoms with van der Waals surface area (Å²) in [6, 6.07) is 7.50. The van der Waals surface area contributed by atoms with Crippen LogP contribution in [0.2, 0.25) is 0 Å². The van der Waals surface area contributed by atoms with E-state index in [4.69, 9.17) is 0 Å². The van der Waals surface area contributed by atoms with Gasteiger partial charge in [0.05, 0.1) is 11.8 Å². The van der Waals surface area contributed by atoms with Crippen LogP contribution in [0.4, 0.5) is 5.69 Å². The van der Waals surface area contributed by atoms with Crippen LogP contribution in [0, 0.1) is 11.8 Å². The van der Waals surface area contributed by atoms with Crippen LogP contribution in [0.5, 0.6) is 0 Å². The molecule has 0 unspecified atom stereocenters. The quantitative estimate of drug-likeness (QED) is 0.695. The van der Waals surface area contributed by atoms with Crippen molar-refractivity contribution in [3.63, 3.8) is 0 Å². The lowest BCUT2D eigenvalue weighted by Gasteiger charge is -2.41. The molecule has 1 N–H and O–H groups in total. The molecule has 0 aromatic heterocycles. The van der Waals surface area contributed by atoms with Crippen molar-refractivity contribution in [3.05, 3.63) is 29.8 Å². The van der Waals surface area contributed by atoms with Crippen molar-refractivity contribution < 1.29 is 14.4 Å². The summed E-state index contributed by atoms with van der Waals surface area (Å²) in [6.07, 6.45) is 0. The summed E-state index contributed by atoms with van der Waals surface area (Å²) in [5, 5.41) is 2.96. The van der Waals surface area contributed by atoms with Gasteiger partial charge in [0, 0.05) is 42.4 Å². The molecule has 0 radical (unpaired) electrons. The molecule has 4 heterocycles. The Bertz CT molecular complexity index is 797. The largest absolute Gasteiger partial charge is 0.324 e. The summed E-state index contributed by atoms with van der Waals surface area (Å²) in [5.41, 5.74) is 0.565. The number of nitrogens with one attached hydrogen (secondary N) is 1. The molecule has 1 aromatic rings. The third-order valence-corrected chi connectivity index (χ3v) is 7.04. The topological polar surface area (TPSA) is 69.7 Å². The number of likely N-dealkylation sites (tertiary alicyclic amines) is 1. The van der Waals surface area contributed by atoms with Crippen molar-refractivity contribution in [1.29, 1.82) is 0 Å². The lowest BCUT2D eigenvalue weighted by Crippen LogP contribution is -2.57. The number of amides is 3. The number of imide groups is 1. The van der Waals surface area contributed by atoms with Crippen molar-refractivity contribution in [1.82, 2.24) is 9.80 Å². The summed E-state index contributed by atoms with van der Waals surface area (Å²) < 4.78 is 0. The fourth-order valence-electron chi connectivity index (χ4n) is 5.06. The second-order valence-electron chi connectivity index (χ2n) is 6.84. The average molecular weight is 343 g/mol. The monoisotopic (exact) mass is 343 g/mol. The predicted octanol–water partition coefficient (Wildman–Crippen LogP) is 0.496. The highest BCUT2D eigenvalue weighted by Crippen LogP contribution is 2.58. The van der Waals surface area contributed by atoms with Crippen molar-refractivity contribution in [2.45, 2.75) is 11.6 Å². The molecule has 3 amide bonds. The molecule has 1 spiro atoms. The van der Waals surface area contributed by atoms with Gasteiger partial charge in [0.15, 0.2) is 0 Å². The van der Waals surface area contributed by atoms with Crippen LogP contribution < -0.4 is 5.32 Å². The zero-order valence-electron chi connectivity index (χ0n) is 13.2. The Morgan fingerprint density at radius 1 is 1.21 bits per heavy atom. The van der Waals surface area contributed by atoms with Gasteiger partial charge in [-0.05, 0) is 6.07 Å². The van der Waals surface area contributed by atoms with Crippen LogP contribution in [0.15, 0.2) is 24.3 Å². The van der Waals surface area contributed by atoms with Crippen LogP contribution in [0.25, 0.3) is 0 Å². The maximum absolute atomic E-state index is 13.2. The first-order chi connectivity index (χ1) is 11.6. The van der Waals surface area contributed by atoms with E-state index in [0.717, 1.165) is 22.8 Å². The van der Waals surface area contributed by atoms with Crippen molar-refractivity contribution in [3.8, 4) is 0 Å². The lowest BCUT2D eigenvalue weighted by atomic mass is 9.76. The third kappa shape index (κ3) is 1.42. The number of thioether (sulfide) groups is 1. The lowest BCUT2D eigenvalue weighted by molar-refractivity contribution is -0.144. The average Bonchev–Trinajstić information content (AvgIpc) is 3.15. The van der Waals surface area contributed by atoms with Gasteiger partial charge < -0.3 is 5.32 Å². The van der Waals surface area contributed by atoms with Gasteiger partial charge in [-0.1, -0.05) is 18.2 Å². The van der Waals surface area contributed by atoms with Crippen molar-refractivity contribution >= 4 is 35.2 Å². The Morgan fingerprint density at radius 3 is 2.83 bits per heavy atom. The van der Waals surface area contributed by atoms with Gasteiger partial charge in [0.1, 0.15) is 5.54 Å². The van der Waals surface area contributed by atoms with Gasteiger partial charge in [0.25, 0.3) is 0 Å². The van der Waals surface area contributed by atoms with Crippen LogP contribution in [0.1, 0.15) is 5.56 Å². The van der Waals surface area contributed by atoms with Gasteiger partial charge in [-0.25, -0.2) is 0 Å². The number of hydrogen-bond donors (Lipinski definition) is 1. The molecule has 24 heavy (non-hydrogen) atoms. The molecular formula is C17H17N3O3S. The van der Waals surface area contributed by atoms with Crippen LogP contribution >= 0.6 is 11.8 Å². The van der Waals surface area contributed by atoms with Crippen LogP contribution in [-0.2, 0) is 19.9 Å². The molecule has 3 saturated heterocycles. The van der Waals surface area contributed by atoms with E-state index in [0.29, 0.717) is 6.54 Å². The molecule has 6 nitrogen and oxygen atoms in total. The van der Waals surface area contributed by atoms with Crippen LogP contribution in [0.3, 0.4) is 0 Å². The zero-order valence-corrected chi connectivity index (χ0v) is 14.0. The number of hydrogen-bond acceptors (Lipinski definition) is 5. The Kier molecular flexibility index (Phi) is 2.78. The molecule has 0 bridgehead atoms. The Balaban J connectivity index is 1.79. The van der Waals surface area contributed by atoms with Gasteiger partial charge >= 0.3 is 0 Å². The number of rotatable bonds is 0. The van der Waals surface area contributed by atoms with Gasteiger partial charge in [-0.15, -0.1) is 0 Å². The maximum Gasteiger partial charge on any atom is 0.250 e. The van der Waals surface area contributed by atoms with E-state index >= 15 is 0 Å². The normalized spacial score (nSPS) is 37.6. The number of para-hydroxylation sites is 1. The predicted molar refractivity (Wildman–Crippen MR) is 89.3 cm³/mol. The molecule has 0 aliphatic carbocycles. The summed E-state index contributed by atoms with van der Waals surface area (Å²) >= 11 is 1.79. The molecule has 3 fully saturated rings. The number of benzene rings is 1. The molecule has 4 aliphatic rings. The first-order valence-corrected chi connectivity index (χ1v) is 9.31. The highest BCUT2D eigenvalue weighted by Gasteiger charge is 2.73. The van der Waals surface area contributed by atoms with Gasteiger partial charge in [-0.3, -0.25) is 24.2 Å². The van der Waals surface area contributed by atoms with Gasteiger partial charge in [-0.2, -0.15) is 11.8 Å². The second kappa shape index (κ2) is 4.61. The number of nitrogens with zero attached hydrogens (tertiary/aromatic N) is 2. The molecule has 4 atom stereocenters. The van der Waals surface area contributed by atoms with E-state index in [2.05, 4.69) is 10.2 Å². The minimum absolute atomic E-state index is 0.0629. The van der Waals surface area contributed by atoms with Crippen LogP contribution in [-0.4, -0.2) is 58.7 Å². The fourth-order valence-corrected chi connectivity index (χ4v) is 6.18. The van der Waals surface area contributed by atoms with E-state index in [1.165, 1.54) is 11.9 Å². The Morgan fingerprint density at radius 2 is 2.00 bits per heavy atom. The van der Waals surface area contributed by atoms with E-state index in [1.807, 2.05) is 24.3 Å². The molecule has 7 heteroatoms. The third-order valence-electron chi connectivity index (χ3n) is 5.99. The summed E-state index contributed by atoms with van der Waals surface area (Å²) in [6.45, 7) is 0.717. The molecular weight excluding hydrogens is 326 g/mol. The SMILES string of the molecule is CN1C(=O)[C@H]2[C@@H]3CSCCN3[C@@]3(C(=O)Nc4ccccc43)[C@H]2C1=O. The summed E-state index contributed by atoms with van der Waals surface area (Å²) in [7, 11) is 1.54. The first kappa shape index (κ1) is 14.5. The number of carbonyl (C=O) groups excluding carboxylic acids is 3. The molecule has 5 rings (SSSR count). The smallest absolute Gasteiger partial charge is 0.250 e. The Hall–Kier alpha value is -1.86. The molecule has 4 aliphatic heterocycles.